The van der Waals surface area contributed by atoms with Crippen molar-refractivity contribution >= 4 is 21.5 Å². The van der Waals surface area contributed by atoms with Gasteiger partial charge in [0.2, 0.25) is 0 Å². The van der Waals surface area contributed by atoms with Gasteiger partial charge in [0.15, 0.2) is 5.13 Å². The molecule has 0 saturated carbocycles. The molecule has 0 fully saturated rings. The molecular formula is C7H10F3N3OS. The Morgan fingerprint density at radius 3 is 2.60 bits per heavy atom. The van der Waals surface area contributed by atoms with Gasteiger partial charge in [0.1, 0.15) is 11.5 Å². The maximum atomic E-state index is 12.1. The standard InChI is InChI=1S/C7H10F3N3OS/c8-7(9,10)4-13(1-2-14)6-12-3-5(11)15-6/h3,14H,1-2,4,11H2. The molecule has 0 amide bonds. The van der Waals surface area contributed by atoms with Gasteiger partial charge >= 0.3 is 6.18 Å². The predicted molar refractivity (Wildman–Crippen MR) is 51.9 cm³/mol. The molecule has 0 aliphatic carbocycles. The minimum atomic E-state index is -4.32. The van der Waals surface area contributed by atoms with Crippen molar-refractivity contribution in [1.29, 1.82) is 0 Å². The Morgan fingerprint density at radius 2 is 2.20 bits per heavy atom. The van der Waals surface area contributed by atoms with E-state index < -0.39 is 12.7 Å². The molecular weight excluding hydrogens is 231 g/mol. The highest BCUT2D eigenvalue weighted by molar-refractivity contribution is 7.19. The van der Waals surface area contributed by atoms with Crippen molar-refractivity contribution in [2.45, 2.75) is 6.18 Å². The summed E-state index contributed by atoms with van der Waals surface area (Å²) in [5, 5.41) is 9.15. The molecule has 8 heteroatoms. The minimum Gasteiger partial charge on any atom is -0.395 e. The molecule has 0 saturated heterocycles. The second-order valence-corrected chi connectivity index (χ2v) is 3.85. The van der Waals surface area contributed by atoms with Crippen LogP contribution in [0.1, 0.15) is 0 Å². The summed E-state index contributed by atoms with van der Waals surface area (Å²) in [6.45, 7) is -1.62. The van der Waals surface area contributed by atoms with Crippen molar-refractivity contribution in [1.82, 2.24) is 4.98 Å². The van der Waals surface area contributed by atoms with Gasteiger partial charge in [-0.2, -0.15) is 13.2 Å². The third-order valence-electron chi connectivity index (χ3n) is 1.52. The smallest absolute Gasteiger partial charge is 0.395 e. The van der Waals surface area contributed by atoms with Gasteiger partial charge in [-0.3, -0.25) is 0 Å². The highest BCUT2D eigenvalue weighted by Gasteiger charge is 2.31. The van der Waals surface area contributed by atoms with Gasteiger partial charge in [0.25, 0.3) is 0 Å². The first kappa shape index (κ1) is 12.1. The topological polar surface area (TPSA) is 62.4 Å². The molecule has 3 N–H and O–H groups in total. The zero-order valence-electron chi connectivity index (χ0n) is 7.66. The zero-order valence-corrected chi connectivity index (χ0v) is 8.48. The average molecular weight is 241 g/mol. The summed E-state index contributed by atoms with van der Waals surface area (Å²) >= 11 is 0.958. The monoisotopic (exact) mass is 241 g/mol. The van der Waals surface area contributed by atoms with Crippen molar-refractivity contribution in [2.24, 2.45) is 0 Å². The maximum absolute atomic E-state index is 12.1. The molecule has 1 aromatic rings. The van der Waals surface area contributed by atoms with Crippen LogP contribution in [0.4, 0.5) is 23.3 Å². The summed E-state index contributed by atoms with van der Waals surface area (Å²) in [5.41, 5.74) is 5.36. The Bertz CT molecular complexity index is 315. The molecule has 1 aromatic heterocycles. The van der Waals surface area contributed by atoms with E-state index in [0.717, 1.165) is 16.2 Å². The number of anilines is 2. The molecule has 0 atom stereocenters. The normalized spacial score (nSPS) is 11.7. The van der Waals surface area contributed by atoms with Crippen LogP contribution < -0.4 is 10.6 Å². The second-order valence-electron chi connectivity index (χ2n) is 2.81. The van der Waals surface area contributed by atoms with Gasteiger partial charge < -0.3 is 15.7 Å². The van der Waals surface area contributed by atoms with E-state index in [1.54, 1.807) is 0 Å². The number of alkyl halides is 3. The van der Waals surface area contributed by atoms with Gasteiger partial charge in [0.05, 0.1) is 12.8 Å². The van der Waals surface area contributed by atoms with Gasteiger partial charge in [-0.25, -0.2) is 4.98 Å². The van der Waals surface area contributed by atoms with Crippen LogP contribution in [0.25, 0.3) is 0 Å². The van der Waals surface area contributed by atoms with E-state index in [1.807, 2.05) is 0 Å². The maximum Gasteiger partial charge on any atom is 0.406 e. The largest absolute Gasteiger partial charge is 0.406 e. The number of aliphatic hydroxyl groups excluding tert-OH is 1. The van der Waals surface area contributed by atoms with E-state index in [2.05, 4.69) is 4.98 Å². The van der Waals surface area contributed by atoms with Crippen LogP contribution >= 0.6 is 11.3 Å². The minimum absolute atomic E-state index is 0.119. The number of nitrogen functional groups attached to an aromatic ring is 1. The molecule has 15 heavy (non-hydrogen) atoms. The molecule has 86 valence electrons. The third-order valence-corrected chi connectivity index (χ3v) is 2.41. The van der Waals surface area contributed by atoms with Gasteiger partial charge in [0, 0.05) is 6.54 Å². The fraction of sp³-hybridized carbons (Fsp3) is 0.571. The molecule has 0 spiro atoms. The Labute approximate surface area is 88.1 Å². The molecule has 1 heterocycles. The van der Waals surface area contributed by atoms with Crippen molar-refractivity contribution in [3.63, 3.8) is 0 Å². The number of nitrogens with zero attached hydrogens (tertiary/aromatic N) is 2. The van der Waals surface area contributed by atoms with Crippen molar-refractivity contribution in [2.75, 3.05) is 30.3 Å². The van der Waals surface area contributed by atoms with Crippen LogP contribution in [-0.4, -0.2) is 36.0 Å². The van der Waals surface area contributed by atoms with E-state index in [9.17, 15) is 13.2 Å². The average Bonchev–Trinajstić information content (AvgIpc) is 2.48. The lowest BCUT2D eigenvalue weighted by molar-refractivity contribution is -0.119. The van der Waals surface area contributed by atoms with Gasteiger partial charge in [-0.1, -0.05) is 11.3 Å². The second kappa shape index (κ2) is 4.67. The quantitative estimate of drug-likeness (QED) is 0.828. The first-order valence-electron chi connectivity index (χ1n) is 4.06. The lowest BCUT2D eigenvalue weighted by atomic mass is 10.5. The lowest BCUT2D eigenvalue weighted by Gasteiger charge is -2.21. The highest BCUT2D eigenvalue weighted by atomic mass is 32.1. The van der Waals surface area contributed by atoms with Crippen molar-refractivity contribution < 1.29 is 18.3 Å². The molecule has 4 nitrogen and oxygen atoms in total. The zero-order chi connectivity index (χ0) is 11.5. The van der Waals surface area contributed by atoms with Crippen LogP contribution in [0.2, 0.25) is 0 Å². The van der Waals surface area contributed by atoms with Crippen molar-refractivity contribution in [3.8, 4) is 0 Å². The van der Waals surface area contributed by atoms with Crippen LogP contribution in [0, 0.1) is 0 Å². The van der Waals surface area contributed by atoms with Crippen LogP contribution in [-0.2, 0) is 0 Å². The third kappa shape index (κ3) is 3.92. The Balaban J connectivity index is 2.74. The summed E-state index contributed by atoms with van der Waals surface area (Å²) in [4.78, 5) is 4.67. The van der Waals surface area contributed by atoms with Crippen LogP contribution in [0.5, 0.6) is 0 Å². The molecule has 0 radical (unpaired) electrons. The molecule has 0 bridgehead atoms. The molecule has 0 aliphatic rings. The number of hydrogen-bond donors (Lipinski definition) is 2. The Morgan fingerprint density at radius 1 is 1.53 bits per heavy atom. The van der Waals surface area contributed by atoms with E-state index in [4.69, 9.17) is 10.8 Å². The molecule has 0 unspecified atom stereocenters. The Hall–Kier alpha value is -1.02. The fourth-order valence-corrected chi connectivity index (χ4v) is 1.71. The van der Waals surface area contributed by atoms with E-state index in [-0.39, 0.29) is 18.3 Å². The number of aromatic nitrogens is 1. The lowest BCUT2D eigenvalue weighted by Crippen LogP contribution is -2.36. The van der Waals surface area contributed by atoms with Gasteiger partial charge in [-0.05, 0) is 0 Å². The summed E-state index contributed by atoms with van der Waals surface area (Å²) in [5.74, 6) is 0. The van der Waals surface area contributed by atoms with Crippen LogP contribution in [0.15, 0.2) is 6.20 Å². The highest BCUT2D eigenvalue weighted by Crippen LogP contribution is 2.27. The fourth-order valence-electron chi connectivity index (χ4n) is 1.00. The van der Waals surface area contributed by atoms with Gasteiger partial charge in [-0.15, -0.1) is 0 Å². The molecule has 1 rings (SSSR count). The van der Waals surface area contributed by atoms with E-state index in [1.165, 1.54) is 6.20 Å². The Kier molecular flexibility index (Phi) is 3.75. The van der Waals surface area contributed by atoms with Crippen LogP contribution in [0.3, 0.4) is 0 Å². The number of thiazole rings is 1. The number of aliphatic hydroxyl groups is 1. The first-order valence-corrected chi connectivity index (χ1v) is 4.88. The number of nitrogens with two attached hydrogens (primary N) is 1. The number of hydrogen-bond acceptors (Lipinski definition) is 5. The summed E-state index contributed by atoms with van der Waals surface area (Å²) in [6.07, 6.45) is -3.03. The summed E-state index contributed by atoms with van der Waals surface area (Å²) in [7, 11) is 0. The molecule has 0 aromatic carbocycles. The summed E-state index contributed by atoms with van der Waals surface area (Å²) in [6, 6.07) is 0. The first-order chi connectivity index (χ1) is 6.92. The van der Waals surface area contributed by atoms with Crippen molar-refractivity contribution in [3.05, 3.63) is 6.20 Å². The summed E-state index contributed by atoms with van der Waals surface area (Å²) < 4.78 is 36.4. The number of rotatable bonds is 4. The predicted octanol–water partition coefficient (Wildman–Crippen LogP) is 1.09. The SMILES string of the molecule is Nc1cnc(N(CCO)CC(F)(F)F)s1. The van der Waals surface area contributed by atoms with E-state index in [0.29, 0.717) is 5.00 Å². The number of halogens is 3. The van der Waals surface area contributed by atoms with E-state index >= 15 is 0 Å². The molecule has 0 aliphatic heterocycles.